The zero-order chi connectivity index (χ0) is 10.7. The summed E-state index contributed by atoms with van der Waals surface area (Å²) in [6.07, 6.45) is -0.598. The molecule has 0 amide bonds. The Morgan fingerprint density at radius 1 is 1.36 bits per heavy atom. The van der Waals surface area contributed by atoms with Gasteiger partial charge in [0.25, 0.3) is 5.24 Å². The van der Waals surface area contributed by atoms with Crippen LogP contribution in [-0.4, -0.2) is 11.3 Å². The number of aryl methyl sites for hydroxylation is 2. The highest BCUT2D eigenvalue weighted by Gasteiger charge is 2.11. The Hall–Kier alpha value is -1.02. The Kier molecular flexibility index (Phi) is 3.53. The minimum absolute atomic E-state index is 0.483. The van der Waals surface area contributed by atoms with Crippen LogP contribution in [0.25, 0.3) is 0 Å². The molecular formula is C11H13ClO2. The Labute approximate surface area is 88.8 Å². The molecule has 0 spiro atoms. The Morgan fingerprint density at radius 3 is 2.50 bits per heavy atom. The second-order valence-corrected chi connectivity index (χ2v) is 3.68. The van der Waals surface area contributed by atoms with E-state index in [-0.39, 0.29) is 0 Å². The summed E-state index contributed by atoms with van der Waals surface area (Å²) < 4.78 is 5.33. The summed E-state index contributed by atoms with van der Waals surface area (Å²) in [5.74, 6) is 0.676. The van der Waals surface area contributed by atoms with E-state index in [9.17, 15) is 4.79 Å². The largest absolute Gasteiger partial charge is 0.482 e. The molecule has 1 aromatic carbocycles. The molecule has 0 aliphatic heterocycles. The van der Waals surface area contributed by atoms with Crippen LogP contribution in [-0.2, 0) is 4.79 Å². The maximum Gasteiger partial charge on any atom is 0.262 e. The lowest BCUT2D eigenvalue weighted by atomic mass is 10.1. The fraction of sp³-hybridized carbons (Fsp3) is 0.364. The summed E-state index contributed by atoms with van der Waals surface area (Å²) in [6, 6.07) is 5.68. The van der Waals surface area contributed by atoms with Crippen LogP contribution < -0.4 is 4.74 Å². The Morgan fingerprint density at radius 2 is 2.00 bits per heavy atom. The van der Waals surface area contributed by atoms with Gasteiger partial charge in [-0.05, 0) is 55.6 Å². The summed E-state index contributed by atoms with van der Waals surface area (Å²) in [5.41, 5.74) is 2.33. The third-order valence-electron chi connectivity index (χ3n) is 2.11. The molecular weight excluding hydrogens is 200 g/mol. The van der Waals surface area contributed by atoms with Crippen molar-refractivity contribution in [3.05, 3.63) is 29.3 Å². The first-order valence-electron chi connectivity index (χ1n) is 4.44. The minimum Gasteiger partial charge on any atom is -0.482 e. The van der Waals surface area contributed by atoms with Crippen molar-refractivity contribution >= 4 is 16.8 Å². The molecule has 0 fully saturated rings. The van der Waals surface area contributed by atoms with Crippen LogP contribution in [0.4, 0.5) is 0 Å². The maximum atomic E-state index is 10.7. The van der Waals surface area contributed by atoms with Crippen molar-refractivity contribution in [2.24, 2.45) is 0 Å². The van der Waals surface area contributed by atoms with E-state index in [4.69, 9.17) is 16.3 Å². The van der Waals surface area contributed by atoms with Gasteiger partial charge >= 0.3 is 0 Å². The van der Waals surface area contributed by atoms with Gasteiger partial charge in [0.15, 0.2) is 6.10 Å². The molecule has 0 aromatic heterocycles. The van der Waals surface area contributed by atoms with Gasteiger partial charge in [-0.2, -0.15) is 0 Å². The molecule has 3 heteroatoms. The second kappa shape index (κ2) is 4.47. The van der Waals surface area contributed by atoms with Crippen molar-refractivity contribution in [2.75, 3.05) is 0 Å². The van der Waals surface area contributed by atoms with Crippen molar-refractivity contribution in [3.8, 4) is 5.75 Å². The number of ether oxygens (including phenoxy) is 1. The molecule has 0 saturated carbocycles. The highest BCUT2D eigenvalue weighted by molar-refractivity contribution is 6.64. The predicted molar refractivity (Wildman–Crippen MR) is 56.9 cm³/mol. The standard InChI is InChI=1S/C11H13ClO2/c1-7-4-5-10(6-8(7)2)14-9(3)11(12)13/h4-6,9H,1-3H3/t9-/m0/s1. The van der Waals surface area contributed by atoms with Crippen LogP contribution in [0, 0.1) is 13.8 Å². The third kappa shape index (κ3) is 2.74. The van der Waals surface area contributed by atoms with E-state index in [0.717, 1.165) is 5.56 Å². The first kappa shape index (κ1) is 11.1. The molecule has 14 heavy (non-hydrogen) atoms. The van der Waals surface area contributed by atoms with Gasteiger partial charge in [0, 0.05) is 0 Å². The first-order chi connectivity index (χ1) is 6.50. The van der Waals surface area contributed by atoms with Crippen molar-refractivity contribution in [1.82, 2.24) is 0 Å². The lowest BCUT2D eigenvalue weighted by molar-refractivity contribution is -0.117. The molecule has 0 aliphatic rings. The summed E-state index contributed by atoms with van der Waals surface area (Å²) in [7, 11) is 0. The molecule has 1 atom stereocenters. The molecule has 76 valence electrons. The molecule has 1 rings (SSSR count). The minimum atomic E-state index is -0.598. The van der Waals surface area contributed by atoms with Gasteiger partial charge in [-0.1, -0.05) is 6.07 Å². The highest BCUT2D eigenvalue weighted by atomic mass is 35.5. The molecule has 2 nitrogen and oxygen atoms in total. The van der Waals surface area contributed by atoms with Gasteiger partial charge in [-0.25, -0.2) is 0 Å². The zero-order valence-electron chi connectivity index (χ0n) is 8.50. The van der Waals surface area contributed by atoms with Crippen LogP contribution in [0.1, 0.15) is 18.1 Å². The van der Waals surface area contributed by atoms with E-state index < -0.39 is 11.3 Å². The molecule has 0 heterocycles. The van der Waals surface area contributed by atoms with E-state index in [1.807, 2.05) is 32.0 Å². The van der Waals surface area contributed by atoms with Crippen molar-refractivity contribution in [2.45, 2.75) is 26.9 Å². The monoisotopic (exact) mass is 212 g/mol. The number of halogens is 1. The molecule has 0 aliphatic carbocycles. The molecule has 0 bridgehead atoms. The van der Waals surface area contributed by atoms with E-state index >= 15 is 0 Å². The van der Waals surface area contributed by atoms with Gasteiger partial charge in [-0.15, -0.1) is 0 Å². The SMILES string of the molecule is Cc1ccc(O[C@@H](C)C(=O)Cl)cc1C. The average Bonchev–Trinajstić information content (AvgIpc) is 2.11. The molecule has 0 saturated heterocycles. The van der Waals surface area contributed by atoms with E-state index in [1.54, 1.807) is 6.92 Å². The van der Waals surface area contributed by atoms with Crippen molar-refractivity contribution < 1.29 is 9.53 Å². The van der Waals surface area contributed by atoms with Crippen molar-refractivity contribution in [1.29, 1.82) is 0 Å². The van der Waals surface area contributed by atoms with Crippen LogP contribution in [0.2, 0.25) is 0 Å². The van der Waals surface area contributed by atoms with E-state index in [0.29, 0.717) is 5.75 Å². The number of rotatable bonds is 3. The highest BCUT2D eigenvalue weighted by Crippen LogP contribution is 2.18. The number of hydrogen-bond donors (Lipinski definition) is 0. The average molecular weight is 213 g/mol. The molecule has 0 N–H and O–H groups in total. The summed E-state index contributed by atoms with van der Waals surface area (Å²) in [4.78, 5) is 10.7. The van der Waals surface area contributed by atoms with Crippen LogP contribution in [0.15, 0.2) is 18.2 Å². The maximum absolute atomic E-state index is 10.7. The molecule has 0 radical (unpaired) electrons. The predicted octanol–water partition coefficient (Wildman–Crippen LogP) is 2.84. The van der Waals surface area contributed by atoms with Gasteiger partial charge in [0.2, 0.25) is 0 Å². The molecule has 1 aromatic rings. The first-order valence-corrected chi connectivity index (χ1v) is 4.81. The summed E-state index contributed by atoms with van der Waals surface area (Å²) in [5, 5.41) is -0.483. The Balaban J connectivity index is 2.78. The molecule has 0 unspecified atom stereocenters. The normalized spacial score (nSPS) is 12.3. The number of hydrogen-bond acceptors (Lipinski definition) is 2. The fourth-order valence-electron chi connectivity index (χ4n) is 1.04. The summed E-state index contributed by atoms with van der Waals surface area (Å²) in [6.45, 7) is 5.65. The van der Waals surface area contributed by atoms with Crippen LogP contribution >= 0.6 is 11.6 Å². The lowest BCUT2D eigenvalue weighted by Gasteiger charge is -2.11. The quantitative estimate of drug-likeness (QED) is 0.721. The number of carbonyl (C=O) groups excluding carboxylic acids is 1. The summed E-state index contributed by atoms with van der Waals surface area (Å²) >= 11 is 5.29. The van der Waals surface area contributed by atoms with Gasteiger partial charge in [-0.3, -0.25) is 4.79 Å². The van der Waals surface area contributed by atoms with Gasteiger partial charge in [0.05, 0.1) is 0 Å². The van der Waals surface area contributed by atoms with E-state index in [1.165, 1.54) is 5.56 Å². The smallest absolute Gasteiger partial charge is 0.262 e. The van der Waals surface area contributed by atoms with E-state index in [2.05, 4.69) is 0 Å². The topological polar surface area (TPSA) is 26.3 Å². The number of carbonyl (C=O) groups is 1. The zero-order valence-corrected chi connectivity index (χ0v) is 9.26. The third-order valence-corrected chi connectivity index (χ3v) is 2.42. The lowest BCUT2D eigenvalue weighted by Crippen LogP contribution is -2.18. The van der Waals surface area contributed by atoms with Crippen LogP contribution in [0.3, 0.4) is 0 Å². The Bertz CT molecular complexity index is 347. The van der Waals surface area contributed by atoms with Crippen molar-refractivity contribution in [3.63, 3.8) is 0 Å². The van der Waals surface area contributed by atoms with Gasteiger partial charge in [0.1, 0.15) is 5.75 Å². The second-order valence-electron chi connectivity index (χ2n) is 3.31. The fourth-order valence-corrected chi connectivity index (χ4v) is 1.08. The van der Waals surface area contributed by atoms with Gasteiger partial charge < -0.3 is 4.74 Å². The van der Waals surface area contributed by atoms with Crippen LogP contribution in [0.5, 0.6) is 5.75 Å². The number of benzene rings is 1.